The van der Waals surface area contributed by atoms with Gasteiger partial charge in [0.1, 0.15) is 0 Å². The molecule has 11 heavy (non-hydrogen) atoms. The zero-order valence-electron chi connectivity index (χ0n) is 5.78. The molecule has 0 heterocycles. The zero-order chi connectivity index (χ0) is 8.43. The normalized spacial score (nSPS) is 23.2. The standard InChI is InChI=1S/C7H8N2OS/c8-5-3-1-2-4(6(5)11)7(9)10/h1-3,5H,8H2,(H2,9,10). The topological polar surface area (TPSA) is 69.1 Å². The van der Waals surface area contributed by atoms with Crippen LogP contribution in [-0.4, -0.2) is 16.8 Å². The Kier molecular flexibility index (Phi) is 2.16. The summed E-state index contributed by atoms with van der Waals surface area (Å²) in [7, 11) is 0. The van der Waals surface area contributed by atoms with Crippen LogP contribution >= 0.6 is 12.2 Å². The van der Waals surface area contributed by atoms with E-state index in [9.17, 15) is 4.79 Å². The Hall–Kier alpha value is -1.00. The number of amides is 1. The summed E-state index contributed by atoms with van der Waals surface area (Å²) in [5.74, 6) is -0.519. The molecule has 4 N–H and O–H groups in total. The Morgan fingerprint density at radius 2 is 2.27 bits per heavy atom. The van der Waals surface area contributed by atoms with Crippen LogP contribution in [0.5, 0.6) is 0 Å². The minimum absolute atomic E-state index is 0.343. The number of allylic oxidation sites excluding steroid dienone is 2. The minimum Gasteiger partial charge on any atom is -0.366 e. The van der Waals surface area contributed by atoms with Crippen LogP contribution in [0.2, 0.25) is 0 Å². The van der Waals surface area contributed by atoms with Gasteiger partial charge in [0.25, 0.3) is 0 Å². The summed E-state index contributed by atoms with van der Waals surface area (Å²) in [6.07, 6.45) is 4.98. The van der Waals surface area contributed by atoms with Crippen LogP contribution in [0.25, 0.3) is 0 Å². The highest BCUT2D eigenvalue weighted by Crippen LogP contribution is 2.08. The molecule has 0 bridgehead atoms. The fraction of sp³-hybridized carbons (Fsp3) is 0.143. The Balaban J connectivity index is 2.96. The molecule has 4 heteroatoms. The predicted molar refractivity (Wildman–Crippen MR) is 47.0 cm³/mol. The summed E-state index contributed by atoms with van der Waals surface area (Å²) >= 11 is 4.88. The van der Waals surface area contributed by atoms with E-state index in [4.69, 9.17) is 23.7 Å². The molecular weight excluding hydrogens is 160 g/mol. The number of rotatable bonds is 1. The first-order valence-corrected chi connectivity index (χ1v) is 3.52. The van der Waals surface area contributed by atoms with Crippen LogP contribution in [0, 0.1) is 0 Å². The van der Waals surface area contributed by atoms with Gasteiger partial charge >= 0.3 is 0 Å². The van der Waals surface area contributed by atoms with Crippen molar-refractivity contribution in [3.05, 3.63) is 23.8 Å². The first-order chi connectivity index (χ1) is 5.13. The van der Waals surface area contributed by atoms with Crippen LogP contribution in [0.1, 0.15) is 0 Å². The van der Waals surface area contributed by atoms with E-state index in [2.05, 4.69) is 0 Å². The molecule has 0 aromatic heterocycles. The SMILES string of the molecule is NC(=O)C1=CC=CC(N)C1=S. The number of primary amides is 1. The molecule has 3 nitrogen and oxygen atoms in total. The molecule has 1 rings (SSSR count). The zero-order valence-corrected chi connectivity index (χ0v) is 6.60. The molecule has 1 aliphatic rings. The number of hydrogen-bond donors (Lipinski definition) is 2. The van der Waals surface area contributed by atoms with Gasteiger partial charge in [0.05, 0.1) is 11.6 Å². The van der Waals surface area contributed by atoms with Crippen LogP contribution in [0.4, 0.5) is 0 Å². The maximum atomic E-state index is 10.7. The number of nitrogens with two attached hydrogens (primary N) is 2. The molecule has 0 fully saturated rings. The highest BCUT2D eigenvalue weighted by atomic mass is 32.1. The second kappa shape index (κ2) is 2.94. The lowest BCUT2D eigenvalue weighted by Gasteiger charge is -2.12. The fourth-order valence-electron chi connectivity index (χ4n) is 0.824. The number of hydrogen-bond acceptors (Lipinski definition) is 3. The van der Waals surface area contributed by atoms with E-state index in [0.29, 0.717) is 10.4 Å². The molecule has 1 atom stereocenters. The van der Waals surface area contributed by atoms with Crippen molar-refractivity contribution in [2.75, 3.05) is 0 Å². The Bertz CT molecular complexity index is 268. The van der Waals surface area contributed by atoms with Gasteiger partial charge in [-0.25, -0.2) is 0 Å². The van der Waals surface area contributed by atoms with E-state index in [1.165, 1.54) is 0 Å². The van der Waals surface area contributed by atoms with Crippen molar-refractivity contribution in [1.82, 2.24) is 0 Å². The Labute approximate surface area is 69.7 Å². The second-order valence-corrected chi connectivity index (χ2v) is 2.66. The molecule has 1 unspecified atom stereocenters. The van der Waals surface area contributed by atoms with Gasteiger partial charge in [-0.05, 0) is 6.08 Å². The summed E-state index contributed by atoms with van der Waals surface area (Å²) < 4.78 is 0. The number of carbonyl (C=O) groups is 1. The van der Waals surface area contributed by atoms with Crippen molar-refractivity contribution >= 4 is 23.0 Å². The average Bonchev–Trinajstić information content (AvgIpc) is 1.94. The highest BCUT2D eigenvalue weighted by molar-refractivity contribution is 7.81. The summed E-state index contributed by atoms with van der Waals surface area (Å²) in [4.78, 5) is 11.1. The van der Waals surface area contributed by atoms with Crippen molar-refractivity contribution in [2.24, 2.45) is 11.5 Å². The quantitative estimate of drug-likeness (QED) is 0.526. The molecule has 0 saturated carbocycles. The first kappa shape index (κ1) is 8.10. The van der Waals surface area contributed by atoms with E-state index in [0.717, 1.165) is 0 Å². The molecule has 1 amide bonds. The summed E-state index contributed by atoms with van der Waals surface area (Å²) in [5, 5.41) is 0. The van der Waals surface area contributed by atoms with Crippen LogP contribution in [-0.2, 0) is 4.79 Å². The Morgan fingerprint density at radius 1 is 1.64 bits per heavy atom. The monoisotopic (exact) mass is 168 g/mol. The third kappa shape index (κ3) is 1.53. The average molecular weight is 168 g/mol. The van der Waals surface area contributed by atoms with Gasteiger partial charge in [-0.2, -0.15) is 0 Å². The first-order valence-electron chi connectivity index (χ1n) is 3.11. The maximum Gasteiger partial charge on any atom is 0.249 e. The molecule has 0 radical (unpaired) electrons. The lowest BCUT2D eigenvalue weighted by Crippen LogP contribution is -2.34. The third-order valence-electron chi connectivity index (χ3n) is 1.42. The molecule has 0 aromatic rings. The van der Waals surface area contributed by atoms with E-state index in [1.54, 1.807) is 18.2 Å². The molecule has 58 valence electrons. The van der Waals surface area contributed by atoms with Gasteiger partial charge in [-0.3, -0.25) is 4.79 Å². The smallest absolute Gasteiger partial charge is 0.249 e. The van der Waals surface area contributed by atoms with Crippen molar-refractivity contribution < 1.29 is 4.79 Å². The van der Waals surface area contributed by atoms with Gasteiger partial charge in [-0.15, -0.1) is 0 Å². The minimum atomic E-state index is -0.519. The van der Waals surface area contributed by atoms with Crippen molar-refractivity contribution in [3.8, 4) is 0 Å². The van der Waals surface area contributed by atoms with E-state index < -0.39 is 5.91 Å². The summed E-state index contributed by atoms with van der Waals surface area (Å²) in [6, 6.07) is -0.350. The molecule has 0 saturated heterocycles. The van der Waals surface area contributed by atoms with Crippen molar-refractivity contribution in [2.45, 2.75) is 6.04 Å². The van der Waals surface area contributed by atoms with Crippen molar-refractivity contribution in [3.63, 3.8) is 0 Å². The van der Waals surface area contributed by atoms with E-state index >= 15 is 0 Å². The van der Waals surface area contributed by atoms with Gasteiger partial charge < -0.3 is 11.5 Å². The van der Waals surface area contributed by atoms with Crippen molar-refractivity contribution in [1.29, 1.82) is 0 Å². The lowest BCUT2D eigenvalue weighted by molar-refractivity contribution is -0.114. The van der Waals surface area contributed by atoms with E-state index in [-0.39, 0.29) is 6.04 Å². The second-order valence-electron chi connectivity index (χ2n) is 2.22. The molecule has 0 aliphatic heterocycles. The van der Waals surface area contributed by atoms with E-state index in [1.807, 2.05) is 0 Å². The largest absolute Gasteiger partial charge is 0.366 e. The molecular formula is C7H8N2OS. The number of carbonyl (C=O) groups excluding carboxylic acids is 1. The van der Waals surface area contributed by atoms with Crippen LogP contribution in [0.15, 0.2) is 23.8 Å². The van der Waals surface area contributed by atoms with Gasteiger partial charge in [-0.1, -0.05) is 24.4 Å². The number of thiocarbonyl (C=S) groups is 1. The third-order valence-corrected chi connectivity index (χ3v) is 1.91. The lowest BCUT2D eigenvalue weighted by atomic mass is 10.0. The highest BCUT2D eigenvalue weighted by Gasteiger charge is 2.17. The fourth-order valence-corrected chi connectivity index (χ4v) is 1.07. The molecule has 0 aromatic carbocycles. The molecule has 0 spiro atoms. The molecule has 1 aliphatic carbocycles. The predicted octanol–water partition coefficient (Wildman–Crippen LogP) is -0.335. The van der Waals surface area contributed by atoms with Gasteiger partial charge in [0, 0.05) is 4.86 Å². The summed E-state index contributed by atoms with van der Waals surface area (Å²) in [5.41, 5.74) is 10.9. The van der Waals surface area contributed by atoms with Crippen LogP contribution < -0.4 is 11.5 Å². The van der Waals surface area contributed by atoms with Crippen LogP contribution in [0.3, 0.4) is 0 Å². The maximum absolute atomic E-state index is 10.7. The van der Waals surface area contributed by atoms with Gasteiger partial charge in [0.2, 0.25) is 5.91 Å². The van der Waals surface area contributed by atoms with Gasteiger partial charge in [0.15, 0.2) is 0 Å². The Morgan fingerprint density at radius 3 is 2.73 bits per heavy atom. The summed E-state index contributed by atoms with van der Waals surface area (Å²) in [6.45, 7) is 0.